The molecule has 10 heteroatoms. The van der Waals surface area contributed by atoms with E-state index in [1.54, 1.807) is 13.0 Å². The zero-order chi connectivity index (χ0) is 18.7. The molecule has 0 unspecified atom stereocenters. The van der Waals surface area contributed by atoms with Gasteiger partial charge in [-0.3, -0.25) is 5.10 Å². The highest BCUT2D eigenvalue weighted by molar-refractivity contribution is 7.89. The number of halogens is 1. The second kappa shape index (κ2) is 7.65. The fraction of sp³-hybridized carbons (Fsp3) is 0.375. The maximum absolute atomic E-state index is 12.9. The van der Waals surface area contributed by atoms with E-state index in [2.05, 4.69) is 15.1 Å². The Morgan fingerprint density at radius 2 is 2.04 bits per heavy atom. The second-order valence-electron chi connectivity index (χ2n) is 5.70. The lowest BCUT2D eigenvalue weighted by Gasteiger charge is -2.35. The average molecular weight is 399 g/mol. The van der Waals surface area contributed by atoms with Gasteiger partial charge in [-0.15, -0.1) is 0 Å². The standard InChI is InChI=1S/C16H19ClN4O4S/c1-2-25-16(22)14-11-18-19-15(14)26(23,24)21-8-6-20(7-9-21)13-5-3-4-12(17)10-13/h3-5,10-11H,2,6-9H2,1H3,(H,18,19). The zero-order valence-electron chi connectivity index (χ0n) is 14.2. The first-order chi connectivity index (χ1) is 12.4. The lowest BCUT2D eigenvalue weighted by molar-refractivity contribution is 0.0521. The minimum Gasteiger partial charge on any atom is -0.462 e. The summed E-state index contributed by atoms with van der Waals surface area (Å²) < 4.78 is 32.0. The van der Waals surface area contributed by atoms with Crippen molar-refractivity contribution >= 4 is 33.3 Å². The number of piperazine rings is 1. The molecule has 1 fully saturated rings. The van der Waals surface area contributed by atoms with Crippen LogP contribution in [-0.2, 0) is 14.8 Å². The van der Waals surface area contributed by atoms with E-state index >= 15 is 0 Å². The first-order valence-corrected chi connectivity index (χ1v) is 9.96. The summed E-state index contributed by atoms with van der Waals surface area (Å²) in [5.74, 6) is -0.711. The van der Waals surface area contributed by atoms with Crippen LogP contribution in [0.1, 0.15) is 17.3 Å². The summed E-state index contributed by atoms with van der Waals surface area (Å²) in [5.41, 5.74) is 0.868. The molecular weight excluding hydrogens is 380 g/mol. The van der Waals surface area contributed by atoms with Gasteiger partial charge in [-0.25, -0.2) is 13.2 Å². The number of rotatable bonds is 5. The molecule has 140 valence electrons. The van der Waals surface area contributed by atoms with Crippen molar-refractivity contribution in [3.05, 3.63) is 41.0 Å². The molecule has 0 atom stereocenters. The molecule has 0 spiro atoms. The molecule has 2 heterocycles. The zero-order valence-corrected chi connectivity index (χ0v) is 15.8. The van der Waals surface area contributed by atoms with Crippen LogP contribution in [0.5, 0.6) is 0 Å². The smallest absolute Gasteiger partial charge is 0.342 e. The van der Waals surface area contributed by atoms with Crippen LogP contribution >= 0.6 is 11.6 Å². The Morgan fingerprint density at radius 1 is 1.31 bits per heavy atom. The molecule has 1 saturated heterocycles. The third kappa shape index (κ3) is 3.69. The maximum Gasteiger partial charge on any atom is 0.342 e. The summed E-state index contributed by atoms with van der Waals surface area (Å²) in [6.45, 7) is 3.42. The number of aromatic amines is 1. The minimum absolute atomic E-state index is 0.0795. The largest absolute Gasteiger partial charge is 0.462 e. The highest BCUT2D eigenvalue weighted by Gasteiger charge is 2.33. The Labute approximate surface area is 156 Å². The van der Waals surface area contributed by atoms with Gasteiger partial charge < -0.3 is 9.64 Å². The topological polar surface area (TPSA) is 95.6 Å². The van der Waals surface area contributed by atoms with Gasteiger partial charge in [0.1, 0.15) is 5.56 Å². The van der Waals surface area contributed by atoms with Crippen molar-refractivity contribution in [3.63, 3.8) is 0 Å². The van der Waals surface area contributed by atoms with Crippen LogP contribution in [0.25, 0.3) is 0 Å². The number of nitrogens with one attached hydrogen (secondary N) is 1. The van der Waals surface area contributed by atoms with E-state index in [1.807, 2.05) is 18.2 Å². The number of carbonyl (C=O) groups is 1. The van der Waals surface area contributed by atoms with E-state index in [-0.39, 0.29) is 30.3 Å². The van der Waals surface area contributed by atoms with Crippen LogP contribution in [0, 0.1) is 0 Å². The molecule has 1 aromatic carbocycles. The number of sulfonamides is 1. The van der Waals surface area contributed by atoms with E-state index in [0.29, 0.717) is 18.1 Å². The fourth-order valence-corrected chi connectivity index (χ4v) is 4.48. The molecule has 0 bridgehead atoms. The molecule has 3 rings (SSSR count). The SMILES string of the molecule is CCOC(=O)c1cn[nH]c1S(=O)(=O)N1CCN(c2cccc(Cl)c2)CC1. The molecule has 1 aliphatic heterocycles. The van der Waals surface area contributed by atoms with Gasteiger partial charge in [0.15, 0.2) is 5.03 Å². The van der Waals surface area contributed by atoms with E-state index in [9.17, 15) is 13.2 Å². The van der Waals surface area contributed by atoms with Crippen LogP contribution < -0.4 is 4.90 Å². The number of carbonyl (C=O) groups excluding carboxylic acids is 1. The molecule has 0 radical (unpaired) electrons. The van der Waals surface area contributed by atoms with Gasteiger partial charge in [0.05, 0.1) is 12.8 Å². The van der Waals surface area contributed by atoms with Crippen molar-refractivity contribution in [2.24, 2.45) is 0 Å². The van der Waals surface area contributed by atoms with E-state index < -0.39 is 16.0 Å². The summed E-state index contributed by atoms with van der Waals surface area (Å²) >= 11 is 6.02. The fourth-order valence-electron chi connectivity index (χ4n) is 2.81. The predicted molar refractivity (Wildman–Crippen MR) is 97.0 cm³/mol. The summed E-state index contributed by atoms with van der Waals surface area (Å²) in [5, 5.41) is 6.53. The number of hydrogen-bond donors (Lipinski definition) is 1. The predicted octanol–water partition coefficient (Wildman–Crippen LogP) is 1.75. The molecule has 2 aromatic rings. The van der Waals surface area contributed by atoms with Crippen molar-refractivity contribution in [3.8, 4) is 0 Å². The monoisotopic (exact) mass is 398 g/mol. The highest BCUT2D eigenvalue weighted by atomic mass is 35.5. The third-order valence-corrected chi connectivity index (χ3v) is 6.22. The Morgan fingerprint density at radius 3 is 2.69 bits per heavy atom. The number of ether oxygens (including phenoxy) is 1. The first kappa shape index (κ1) is 18.7. The van der Waals surface area contributed by atoms with E-state index in [1.165, 1.54) is 10.5 Å². The van der Waals surface area contributed by atoms with Crippen LogP contribution in [0.3, 0.4) is 0 Å². The molecule has 0 amide bonds. The molecule has 0 aliphatic carbocycles. The molecular formula is C16H19ClN4O4S. The van der Waals surface area contributed by atoms with Crippen molar-refractivity contribution in [2.75, 3.05) is 37.7 Å². The molecule has 1 N–H and O–H groups in total. The van der Waals surface area contributed by atoms with Crippen molar-refractivity contribution in [1.29, 1.82) is 0 Å². The summed E-state index contributed by atoms with van der Waals surface area (Å²) in [7, 11) is -3.86. The normalized spacial score (nSPS) is 15.8. The average Bonchev–Trinajstić information content (AvgIpc) is 3.13. The highest BCUT2D eigenvalue weighted by Crippen LogP contribution is 2.24. The van der Waals surface area contributed by atoms with E-state index in [0.717, 1.165) is 5.69 Å². The first-order valence-electron chi connectivity index (χ1n) is 8.14. The van der Waals surface area contributed by atoms with Gasteiger partial charge in [-0.05, 0) is 25.1 Å². The molecule has 1 aliphatic rings. The molecule has 8 nitrogen and oxygen atoms in total. The molecule has 1 aromatic heterocycles. The van der Waals surface area contributed by atoms with Crippen LogP contribution in [-0.4, -0.2) is 61.7 Å². The van der Waals surface area contributed by atoms with Gasteiger partial charge in [0.25, 0.3) is 10.0 Å². The summed E-state index contributed by atoms with van der Waals surface area (Å²) in [4.78, 5) is 14.0. The Hall–Kier alpha value is -2.10. The van der Waals surface area contributed by atoms with Crippen molar-refractivity contribution in [1.82, 2.24) is 14.5 Å². The number of H-pyrrole nitrogens is 1. The third-order valence-electron chi connectivity index (χ3n) is 4.11. The molecule has 26 heavy (non-hydrogen) atoms. The number of nitrogens with zero attached hydrogens (tertiary/aromatic N) is 3. The number of esters is 1. The lowest BCUT2D eigenvalue weighted by atomic mass is 10.2. The minimum atomic E-state index is -3.86. The van der Waals surface area contributed by atoms with Crippen LogP contribution in [0.2, 0.25) is 5.02 Å². The second-order valence-corrected chi connectivity index (χ2v) is 8.02. The molecule has 0 saturated carbocycles. The van der Waals surface area contributed by atoms with Gasteiger partial charge >= 0.3 is 5.97 Å². The van der Waals surface area contributed by atoms with Gasteiger partial charge in [0, 0.05) is 36.9 Å². The summed E-state index contributed by atoms with van der Waals surface area (Å²) in [6, 6.07) is 7.43. The maximum atomic E-state index is 12.9. The number of aromatic nitrogens is 2. The van der Waals surface area contributed by atoms with Crippen molar-refractivity contribution in [2.45, 2.75) is 11.9 Å². The number of hydrogen-bond acceptors (Lipinski definition) is 6. The van der Waals surface area contributed by atoms with Crippen LogP contribution in [0.4, 0.5) is 5.69 Å². The van der Waals surface area contributed by atoms with E-state index in [4.69, 9.17) is 16.3 Å². The summed E-state index contributed by atoms with van der Waals surface area (Å²) in [6.07, 6.45) is 1.17. The van der Waals surface area contributed by atoms with Crippen molar-refractivity contribution < 1.29 is 17.9 Å². The van der Waals surface area contributed by atoms with Gasteiger partial charge in [-0.2, -0.15) is 9.40 Å². The Kier molecular flexibility index (Phi) is 5.49. The van der Waals surface area contributed by atoms with Crippen LogP contribution in [0.15, 0.2) is 35.5 Å². The lowest BCUT2D eigenvalue weighted by Crippen LogP contribution is -2.49. The number of anilines is 1. The quantitative estimate of drug-likeness (QED) is 0.771. The number of benzene rings is 1. The Balaban J connectivity index is 1.75. The van der Waals surface area contributed by atoms with Gasteiger partial charge in [-0.1, -0.05) is 17.7 Å². The van der Waals surface area contributed by atoms with Gasteiger partial charge in [0.2, 0.25) is 0 Å². The Bertz CT molecular complexity index is 891.